The molecule has 5 heteroatoms. The van der Waals surface area contributed by atoms with Crippen LogP contribution in [0.15, 0.2) is 16.6 Å². The minimum absolute atomic E-state index is 0.171. The molecule has 1 N–H and O–H groups in total. The lowest BCUT2D eigenvalue weighted by Crippen LogP contribution is -2.25. The number of nitrogens with one attached hydrogen (secondary N) is 1. The van der Waals surface area contributed by atoms with Crippen LogP contribution in [0.25, 0.3) is 0 Å². The Morgan fingerprint density at radius 2 is 1.90 bits per heavy atom. The molecule has 1 aromatic carbocycles. The standard InChI is InChI=1S/C15H24BrNO3/c1-6-17-12(9-10(2)18-3)11-7-8-13(19-4)14(16)15(11)20-5/h7-8,10,12,17H,6,9H2,1-5H3. The summed E-state index contributed by atoms with van der Waals surface area (Å²) in [6, 6.07) is 4.16. The van der Waals surface area contributed by atoms with Gasteiger partial charge in [-0.25, -0.2) is 0 Å². The molecular formula is C15H24BrNO3. The maximum atomic E-state index is 5.55. The van der Waals surface area contributed by atoms with Crippen LogP contribution in [0, 0.1) is 0 Å². The number of hydrogen-bond acceptors (Lipinski definition) is 4. The fraction of sp³-hybridized carbons (Fsp3) is 0.600. The normalized spacial score (nSPS) is 13.9. The number of rotatable bonds is 8. The van der Waals surface area contributed by atoms with Crippen molar-refractivity contribution in [3.63, 3.8) is 0 Å². The molecule has 2 atom stereocenters. The van der Waals surface area contributed by atoms with Crippen molar-refractivity contribution in [1.82, 2.24) is 5.32 Å². The third kappa shape index (κ3) is 4.11. The molecule has 0 spiro atoms. The average Bonchev–Trinajstić information content (AvgIpc) is 2.46. The van der Waals surface area contributed by atoms with E-state index in [1.54, 1.807) is 21.3 Å². The highest BCUT2D eigenvalue weighted by atomic mass is 79.9. The largest absolute Gasteiger partial charge is 0.495 e. The van der Waals surface area contributed by atoms with E-state index in [9.17, 15) is 0 Å². The number of halogens is 1. The topological polar surface area (TPSA) is 39.7 Å². The Labute approximate surface area is 129 Å². The molecule has 0 aliphatic rings. The first kappa shape index (κ1) is 17.3. The zero-order valence-corrected chi connectivity index (χ0v) is 14.4. The van der Waals surface area contributed by atoms with Crippen molar-refractivity contribution < 1.29 is 14.2 Å². The van der Waals surface area contributed by atoms with E-state index in [0.29, 0.717) is 0 Å². The van der Waals surface area contributed by atoms with Crippen LogP contribution in [0.5, 0.6) is 11.5 Å². The van der Waals surface area contributed by atoms with Gasteiger partial charge in [-0.05, 0) is 48.0 Å². The van der Waals surface area contributed by atoms with E-state index in [0.717, 1.165) is 34.5 Å². The van der Waals surface area contributed by atoms with Gasteiger partial charge in [-0.15, -0.1) is 0 Å². The van der Waals surface area contributed by atoms with E-state index >= 15 is 0 Å². The van der Waals surface area contributed by atoms with E-state index in [4.69, 9.17) is 14.2 Å². The van der Waals surface area contributed by atoms with Crippen LogP contribution in [-0.4, -0.2) is 34.0 Å². The lowest BCUT2D eigenvalue weighted by Gasteiger charge is -2.24. The Balaban J connectivity index is 3.15. The monoisotopic (exact) mass is 345 g/mol. The average molecular weight is 346 g/mol. The van der Waals surface area contributed by atoms with Gasteiger partial charge in [0.05, 0.1) is 20.3 Å². The molecule has 1 rings (SSSR count). The first-order chi connectivity index (χ1) is 9.58. The van der Waals surface area contributed by atoms with Gasteiger partial charge in [0.2, 0.25) is 0 Å². The molecule has 0 saturated carbocycles. The molecule has 114 valence electrons. The Kier molecular flexibility index (Phi) is 7.34. The van der Waals surface area contributed by atoms with Gasteiger partial charge in [-0.2, -0.15) is 0 Å². The van der Waals surface area contributed by atoms with Gasteiger partial charge < -0.3 is 19.5 Å². The fourth-order valence-corrected chi connectivity index (χ4v) is 2.87. The van der Waals surface area contributed by atoms with Gasteiger partial charge in [-0.1, -0.05) is 6.92 Å². The van der Waals surface area contributed by atoms with Crippen molar-refractivity contribution in [3.8, 4) is 11.5 Å². The first-order valence-electron chi connectivity index (χ1n) is 6.75. The number of hydrogen-bond donors (Lipinski definition) is 1. The zero-order chi connectivity index (χ0) is 15.1. The highest BCUT2D eigenvalue weighted by molar-refractivity contribution is 9.10. The third-order valence-electron chi connectivity index (χ3n) is 3.31. The predicted octanol–water partition coefficient (Wildman–Crippen LogP) is 3.54. The van der Waals surface area contributed by atoms with Gasteiger partial charge in [0.1, 0.15) is 16.0 Å². The molecule has 2 unspecified atom stereocenters. The Bertz CT molecular complexity index is 426. The summed E-state index contributed by atoms with van der Waals surface area (Å²) in [5, 5.41) is 3.48. The van der Waals surface area contributed by atoms with Crippen LogP contribution in [0.2, 0.25) is 0 Å². The molecule has 1 aromatic rings. The predicted molar refractivity (Wildman–Crippen MR) is 84.8 cm³/mol. The van der Waals surface area contributed by atoms with Crippen LogP contribution < -0.4 is 14.8 Å². The molecule has 20 heavy (non-hydrogen) atoms. The Morgan fingerprint density at radius 1 is 1.20 bits per heavy atom. The van der Waals surface area contributed by atoms with Crippen LogP contribution in [0.3, 0.4) is 0 Å². The molecule has 0 heterocycles. The van der Waals surface area contributed by atoms with Crippen molar-refractivity contribution in [3.05, 3.63) is 22.2 Å². The van der Waals surface area contributed by atoms with Crippen molar-refractivity contribution in [2.75, 3.05) is 27.9 Å². The lowest BCUT2D eigenvalue weighted by atomic mass is 9.99. The van der Waals surface area contributed by atoms with Crippen LogP contribution in [0.4, 0.5) is 0 Å². The number of methoxy groups -OCH3 is 3. The third-order valence-corrected chi connectivity index (χ3v) is 4.06. The zero-order valence-electron chi connectivity index (χ0n) is 12.8. The van der Waals surface area contributed by atoms with Gasteiger partial charge in [-0.3, -0.25) is 0 Å². The minimum Gasteiger partial charge on any atom is -0.495 e. The van der Waals surface area contributed by atoms with Crippen molar-refractivity contribution >= 4 is 15.9 Å². The lowest BCUT2D eigenvalue weighted by molar-refractivity contribution is 0.100. The van der Waals surface area contributed by atoms with Crippen molar-refractivity contribution in [1.29, 1.82) is 0 Å². The minimum atomic E-state index is 0.171. The molecule has 0 saturated heterocycles. The van der Waals surface area contributed by atoms with E-state index in [1.165, 1.54) is 0 Å². The molecule has 0 aliphatic carbocycles. The van der Waals surface area contributed by atoms with E-state index in [-0.39, 0.29) is 12.1 Å². The summed E-state index contributed by atoms with van der Waals surface area (Å²) < 4.78 is 17.1. The number of ether oxygens (including phenoxy) is 3. The fourth-order valence-electron chi connectivity index (χ4n) is 2.19. The molecular weight excluding hydrogens is 322 g/mol. The molecule has 0 aliphatic heterocycles. The highest BCUT2D eigenvalue weighted by Crippen LogP contribution is 2.40. The molecule has 0 radical (unpaired) electrons. The van der Waals surface area contributed by atoms with Crippen molar-refractivity contribution in [2.45, 2.75) is 32.4 Å². The van der Waals surface area contributed by atoms with Crippen LogP contribution in [0.1, 0.15) is 31.9 Å². The summed E-state index contributed by atoms with van der Waals surface area (Å²) in [5.41, 5.74) is 1.10. The van der Waals surface area contributed by atoms with Crippen LogP contribution in [-0.2, 0) is 4.74 Å². The van der Waals surface area contributed by atoms with Gasteiger partial charge in [0.15, 0.2) is 0 Å². The van der Waals surface area contributed by atoms with Gasteiger partial charge in [0, 0.05) is 18.7 Å². The maximum absolute atomic E-state index is 5.55. The number of benzene rings is 1. The van der Waals surface area contributed by atoms with E-state index in [1.807, 2.05) is 12.1 Å². The molecule has 0 bridgehead atoms. The second kappa shape index (κ2) is 8.49. The summed E-state index contributed by atoms with van der Waals surface area (Å²) in [4.78, 5) is 0. The van der Waals surface area contributed by atoms with E-state index in [2.05, 4.69) is 35.1 Å². The highest BCUT2D eigenvalue weighted by Gasteiger charge is 2.21. The molecule has 4 nitrogen and oxygen atoms in total. The summed E-state index contributed by atoms with van der Waals surface area (Å²) >= 11 is 3.55. The summed E-state index contributed by atoms with van der Waals surface area (Å²) in [7, 11) is 5.05. The molecule has 0 aromatic heterocycles. The summed E-state index contributed by atoms with van der Waals surface area (Å²) in [5.74, 6) is 1.57. The van der Waals surface area contributed by atoms with Gasteiger partial charge in [0.25, 0.3) is 0 Å². The molecule has 0 amide bonds. The van der Waals surface area contributed by atoms with Crippen LogP contribution >= 0.6 is 15.9 Å². The molecule has 0 fully saturated rings. The Morgan fingerprint density at radius 3 is 2.40 bits per heavy atom. The van der Waals surface area contributed by atoms with E-state index < -0.39 is 0 Å². The smallest absolute Gasteiger partial charge is 0.141 e. The van der Waals surface area contributed by atoms with Gasteiger partial charge >= 0.3 is 0 Å². The Hall–Kier alpha value is -0.780. The van der Waals surface area contributed by atoms with Crippen molar-refractivity contribution in [2.24, 2.45) is 0 Å². The SMILES string of the molecule is CCNC(CC(C)OC)c1ccc(OC)c(Br)c1OC. The second-order valence-electron chi connectivity index (χ2n) is 4.60. The quantitative estimate of drug-likeness (QED) is 0.782. The summed E-state index contributed by atoms with van der Waals surface area (Å²) in [6.45, 7) is 5.04. The maximum Gasteiger partial charge on any atom is 0.141 e. The second-order valence-corrected chi connectivity index (χ2v) is 5.39. The first-order valence-corrected chi connectivity index (χ1v) is 7.54. The summed E-state index contributed by atoms with van der Waals surface area (Å²) in [6.07, 6.45) is 1.05.